The summed E-state index contributed by atoms with van der Waals surface area (Å²) < 4.78 is 17.0. The molecule has 20 heavy (non-hydrogen) atoms. The summed E-state index contributed by atoms with van der Waals surface area (Å²) in [6.07, 6.45) is 6.63. The lowest BCUT2D eigenvalue weighted by molar-refractivity contribution is -0.0240. The van der Waals surface area contributed by atoms with Crippen molar-refractivity contribution in [1.29, 1.82) is 0 Å². The van der Waals surface area contributed by atoms with Crippen molar-refractivity contribution in [3.8, 4) is 0 Å². The molecule has 0 aromatic heterocycles. The van der Waals surface area contributed by atoms with E-state index < -0.39 is 5.54 Å². The molecule has 0 atom stereocenters. The lowest BCUT2D eigenvalue weighted by Gasteiger charge is -2.29. The maximum Gasteiger partial charge on any atom is 0.0865 e. The van der Waals surface area contributed by atoms with Crippen molar-refractivity contribution in [1.82, 2.24) is 0 Å². The Hall–Kier alpha value is -0.160. The highest BCUT2D eigenvalue weighted by molar-refractivity contribution is 4.84. The molecule has 0 amide bonds. The van der Waals surface area contributed by atoms with Gasteiger partial charge in [0.15, 0.2) is 0 Å². The molecule has 2 N–H and O–H groups in total. The molecule has 0 aliphatic carbocycles. The summed E-state index contributed by atoms with van der Waals surface area (Å²) in [5.74, 6) is 0. The maximum absolute atomic E-state index is 6.37. The monoisotopic (exact) mass is 289 g/mol. The molecule has 0 aliphatic rings. The Morgan fingerprint density at radius 1 is 0.650 bits per heavy atom. The summed E-state index contributed by atoms with van der Waals surface area (Å²) in [7, 11) is 0. The largest absolute Gasteiger partial charge is 0.379 e. The Balaban J connectivity index is 3.98. The van der Waals surface area contributed by atoms with Crippen LogP contribution < -0.4 is 5.73 Å². The number of hydrogen-bond acceptors (Lipinski definition) is 4. The fourth-order valence-corrected chi connectivity index (χ4v) is 1.69. The van der Waals surface area contributed by atoms with E-state index in [1.54, 1.807) is 0 Å². The fourth-order valence-electron chi connectivity index (χ4n) is 1.69. The van der Waals surface area contributed by atoms with E-state index in [9.17, 15) is 0 Å². The van der Waals surface area contributed by atoms with Crippen molar-refractivity contribution >= 4 is 0 Å². The molecule has 122 valence electrons. The lowest BCUT2D eigenvalue weighted by atomic mass is 10.1. The molecule has 0 aromatic carbocycles. The standard InChI is InChI=1S/C16H35NO3/c1-4-7-10-18-13-16(17,14-19-11-8-5-2)15-20-12-9-6-3/h4-15,17H2,1-3H3. The van der Waals surface area contributed by atoms with Gasteiger partial charge in [-0.3, -0.25) is 0 Å². The Morgan fingerprint density at radius 3 is 1.20 bits per heavy atom. The van der Waals surface area contributed by atoms with Gasteiger partial charge in [-0.1, -0.05) is 40.0 Å². The van der Waals surface area contributed by atoms with E-state index in [4.69, 9.17) is 19.9 Å². The lowest BCUT2D eigenvalue weighted by Crippen LogP contribution is -2.53. The van der Waals surface area contributed by atoms with Crippen molar-refractivity contribution in [3.63, 3.8) is 0 Å². The van der Waals surface area contributed by atoms with E-state index in [0.717, 1.165) is 58.3 Å². The van der Waals surface area contributed by atoms with Crippen LogP contribution in [0.4, 0.5) is 0 Å². The van der Waals surface area contributed by atoms with Gasteiger partial charge in [-0.2, -0.15) is 0 Å². The molecule has 0 fully saturated rings. The highest BCUT2D eigenvalue weighted by Crippen LogP contribution is 2.07. The average Bonchev–Trinajstić information content (AvgIpc) is 2.45. The van der Waals surface area contributed by atoms with Crippen molar-refractivity contribution < 1.29 is 14.2 Å². The van der Waals surface area contributed by atoms with Crippen LogP contribution in [0.1, 0.15) is 59.3 Å². The van der Waals surface area contributed by atoms with Crippen molar-refractivity contribution in [2.45, 2.75) is 64.8 Å². The average molecular weight is 289 g/mol. The van der Waals surface area contributed by atoms with Gasteiger partial charge in [0.1, 0.15) is 0 Å². The van der Waals surface area contributed by atoms with Crippen LogP contribution in [0.2, 0.25) is 0 Å². The first-order chi connectivity index (χ1) is 9.68. The molecular formula is C16H35NO3. The second kappa shape index (κ2) is 13.8. The number of unbranched alkanes of at least 4 members (excludes halogenated alkanes) is 3. The molecule has 0 radical (unpaired) electrons. The minimum absolute atomic E-state index is 0.505. The predicted octanol–water partition coefficient (Wildman–Crippen LogP) is 3.13. The molecule has 0 aromatic rings. The zero-order valence-corrected chi connectivity index (χ0v) is 13.8. The summed E-state index contributed by atoms with van der Waals surface area (Å²) in [4.78, 5) is 0. The van der Waals surface area contributed by atoms with E-state index in [0.29, 0.717) is 19.8 Å². The van der Waals surface area contributed by atoms with E-state index in [-0.39, 0.29) is 0 Å². The van der Waals surface area contributed by atoms with E-state index >= 15 is 0 Å². The van der Waals surface area contributed by atoms with Crippen LogP contribution >= 0.6 is 0 Å². The van der Waals surface area contributed by atoms with Crippen molar-refractivity contribution in [3.05, 3.63) is 0 Å². The summed E-state index contributed by atoms with van der Waals surface area (Å²) in [6, 6.07) is 0. The SMILES string of the molecule is CCCCOCC(N)(COCCCC)COCCCC. The first-order valence-electron chi connectivity index (χ1n) is 8.20. The minimum atomic E-state index is -0.519. The van der Waals surface area contributed by atoms with Gasteiger partial charge < -0.3 is 19.9 Å². The smallest absolute Gasteiger partial charge is 0.0865 e. The Morgan fingerprint density at radius 2 is 0.950 bits per heavy atom. The molecule has 0 aliphatic heterocycles. The third kappa shape index (κ3) is 11.6. The second-order valence-corrected chi connectivity index (χ2v) is 5.58. The topological polar surface area (TPSA) is 53.7 Å². The van der Waals surface area contributed by atoms with Crippen LogP contribution in [-0.2, 0) is 14.2 Å². The maximum atomic E-state index is 6.37. The summed E-state index contributed by atoms with van der Waals surface area (Å²) >= 11 is 0. The normalized spacial score (nSPS) is 12.0. The quantitative estimate of drug-likeness (QED) is 0.471. The van der Waals surface area contributed by atoms with Gasteiger partial charge in [-0.05, 0) is 19.3 Å². The first-order valence-corrected chi connectivity index (χ1v) is 8.20. The molecule has 0 rings (SSSR count). The Bertz CT molecular complexity index is 169. The predicted molar refractivity (Wildman–Crippen MR) is 84.1 cm³/mol. The molecule has 4 heteroatoms. The van der Waals surface area contributed by atoms with Crippen LogP contribution in [0, 0.1) is 0 Å². The van der Waals surface area contributed by atoms with Crippen molar-refractivity contribution in [2.24, 2.45) is 5.73 Å². The van der Waals surface area contributed by atoms with Crippen LogP contribution in [0.5, 0.6) is 0 Å². The molecule has 0 heterocycles. The molecule has 0 bridgehead atoms. The number of rotatable bonds is 15. The summed E-state index contributed by atoms with van der Waals surface area (Å²) in [5, 5.41) is 0. The summed E-state index contributed by atoms with van der Waals surface area (Å²) in [5.41, 5.74) is 5.85. The van der Waals surface area contributed by atoms with Crippen LogP contribution in [0.15, 0.2) is 0 Å². The Kier molecular flexibility index (Phi) is 13.7. The molecule has 0 unspecified atom stereocenters. The fraction of sp³-hybridized carbons (Fsp3) is 1.00. The van der Waals surface area contributed by atoms with Crippen molar-refractivity contribution in [2.75, 3.05) is 39.6 Å². The molecule has 0 spiro atoms. The van der Waals surface area contributed by atoms with Crippen LogP contribution in [0.3, 0.4) is 0 Å². The second-order valence-electron chi connectivity index (χ2n) is 5.58. The minimum Gasteiger partial charge on any atom is -0.379 e. The molecule has 0 saturated carbocycles. The van der Waals surface area contributed by atoms with Gasteiger partial charge in [0, 0.05) is 19.8 Å². The molecule has 0 saturated heterocycles. The van der Waals surface area contributed by atoms with Gasteiger partial charge >= 0.3 is 0 Å². The highest BCUT2D eigenvalue weighted by atomic mass is 16.5. The van der Waals surface area contributed by atoms with E-state index in [2.05, 4.69) is 20.8 Å². The number of hydrogen-bond donors (Lipinski definition) is 1. The molecular weight excluding hydrogens is 254 g/mol. The highest BCUT2D eigenvalue weighted by Gasteiger charge is 2.26. The van der Waals surface area contributed by atoms with Gasteiger partial charge in [-0.15, -0.1) is 0 Å². The third-order valence-corrected chi connectivity index (χ3v) is 3.10. The van der Waals surface area contributed by atoms with E-state index in [1.807, 2.05) is 0 Å². The number of ether oxygens (including phenoxy) is 3. The van der Waals surface area contributed by atoms with Gasteiger partial charge in [0.25, 0.3) is 0 Å². The third-order valence-electron chi connectivity index (χ3n) is 3.10. The van der Waals surface area contributed by atoms with Crippen LogP contribution in [0.25, 0.3) is 0 Å². The molecule has 4 nitrogen and oxygen atoms in total. The zero-order valence-electron chi connectivity index (χ0n) is 13.8. The number of nitrogens with two attached hydrogens (primary N) is 1. The van der Waals surface area contributed by atoms with Gasteiger partial charge in [-0.25, -0.2) is 0 Å². The Labute approximate surface area is 125 Å². The van der Waals surface area contributed by atoms with Crippen LogP contribution in [-0.4, -0.2) is 45.2 Å². The van der Waals surface area contributed by atoms with Gasteiger partial charge in [0.05, 0.1) is 25.4 Å². The summed E-state index contributed by atoms with van der Waals surface area (Å²) in [6.45, 7) is 10.3. The van der Waals surface area contributed by atoms with E-state index in [1.165, 1.54) is 0 Å². The first kappa shape index (κ1) is 19.8. The van der Waals surface area contributed by atoms with Gasteiger partial charge in [0.2, 0.25) is 0 Å². The zero-order chi connectivity index (χ0) is 15.1.